The number of carbonyl (C=O) groups excluding carboxylic acids is 1. The Morgan fingerprint density at radius 3 is 2.38 bits per heavy atom. The zero-order valence-electron chi connectivity index (χ0n) is 9.43. The second-order valence-corrected chi connectivity index (χ2v) is 3.56. The molecule has 0 aromatic heterocycles. The minimum Gasteiger partial charge on any atom is -0.480 e. The van der Waals surface area contributed by atoms with Crippen molar-refractivity contribution in [2.24, 2.45) is 0 Å². The van der Waals surface area contributed by atoms with Gasteiger partial charge in [0.05, 0.1) is 0 Å². The van der Waals surface area contributed by atoms with Crippen molar-refractivity contribution < 1.29 is 25.0 Å². The molecule has 0 saturated heterocycles. The van der Waals surface area contributed by atoms with Crippen LogP contribution in [0.4, 0.5) is 0 Å². The molecule has 0 unspecified atom stereocenters. The van der Waals surface area contributed by atoms with Crippen LogP contribution in [0, 0.1) is 0 Å². The first kappa shape index (κ1) is 14.9. The maximum atomic E-state index is 11.4. The van der Waals surface area contributed by atoms with Gasteiger partial charge in [-0.15, -0.1) is 0 Å². The van der Waals surface area contributed by atoms with Gasteiger partial charge in [-0.1, -0.05) is 19.8 Å². The normalized spacial score (nSPS) is 12.2. The van der Waals surface area contributed by atoms with Crippen LogP contribution >= 0.6 is 0 Å². The number of amides is 1. The molecule has 6 heteroatoms. The number of rotatable bonds is 8. The third kappa shape index (κ3) is 5.09. The minimum atomic E-state index is -1.36. The Morgan fingerprint density at radius 1 is 1.31 bits per heavy atom. The highest BCUT2D eigenvalue weighted by molar-refractivity contribution is 5.82. The Labute approximate surface area is 94.4 Å². The zero-order chi connectivity index (χ0) is 12.6. The molecule has 0 rings (SSSR count). The summed E-state index contributed by atoms with van der Waals surface area (Å²) in [6.07, 6.45) is 2.37. The Balaban J connectivity index is 4.20. The lowest BCUT2D eigenvalue weighted by atomic mass is 10.1. The van der Waals surface area contributed by atoms with Crippen LogP contribution in [0.15, 0.2) is 0 Å². The number of carboxylic acids is 1. The van der Waals surface area contributed by atoms with E-state index in [1.807, 2.05) is 6.92 Å². The number of aliphatic carboxylic acids is 1. The predicted molar refractivity (Wildman–Crippen MR) is 55.9 cm³/mol. The van der Waals surface area contributed by atoms with E-state index in [0.29, 0.717) is 6.42 Å². The molecule has 0 spiro atoms. The van der Waals surface area contributed by atoms with Gasteiger partial charge in [0.1, 0.15) is 0 Å². The molecular weight excluding hydrogens is 214 g/mol. The topological polar surface area (TPSA) is 98.1 Å². The molecule has 1 atom stereocenters. The Hall–Kier alpha value is -1.14. The lowest BCUT2D eigenvalue weighted by Crippen LogP contribution is -2.43. The Morgan fingerprint density at radius 2 is 1.94 bits per heavy atom. The molecule has 16 heavy (non-hydrogen) atoms. The lowest BCUT2D eigenvalue weighted by molar-refractivity contribution is -0.187. The van der Waals surface area contributed by atoms with Gasteiger partial charge in [0.25, 0.3) is 0 Å². The summed E-state index contributed by atoms with van der Waals surface area (Å²) in [6, 6.07) is -1.36. The highest BCUT2D eigenvalue weighted by Gasteiger charge is 2.27. The van der Waals surface area contributed by atoms with Crippen molar-refractivity contribution in [2.75, 3.05) is 6.61 Å². The van der Waals surface area contributed by atoms with E-state index >= 15 is 0 Å². The third-order valence-electron chi connectivity index (χ3n) is 2.23. The van der Waals surface area contributed by atoms with E-state index in [-0.39, 0.29) is 17.9 Å². The molecule has 0 saturated carbocycles. The van der Waals surface area contributed by atoms with Crippen LogP contribution in [0.5, 0.6) is 0 Å². The molecule has 0 aromatic rings. The molecule has 0 fully saturated rings. The zero-order valence-corrected chi connectivity index (χ0v) is 9.43. The SMILES string of the molecule is CCCCCC(=O)N(O)[C@@H](CCO)C(=O)O. The van der Waals surface area contributed by atoms with Crippen LogP contribution in [0.1, 0.15) is 39.0 Å². The molecule has 0 bridgehead atoms. The van der Waals surface area contributed by atoms with E-state index in [4.69, 9.17) is 10.2 Å². The van der Waals surface area contributed by atoms with Crippen molar-refractivity contribution in [3.63, 3.8) is 0 Å². The van der Waals surface area contributed by atoms with Crippen molar-refractivity contribution in [1.29, 1.82) is 0 Å². The van der Waals surface area contributed by atoms with Gasteiger partial charge in [-0.05, 0) is 6.42 Å². The number of carbonyl (C=O) groups is 2. The quantitative estimate of drug-likeness (QED) is 0.324. The van der Waals surface area contributed by atoms with Gasteiger partial charge < -0.3 is 10.2 Å². The molecule has 6 nitrogen and oxygen atoms in total. The number of aliphatic hydroxyl groups excluding tert-OH is 1. The number of unbranched alkanes of at least 4 members (excludes halogenated alkanes) is 2. The summed E-state index contributed by atoms with van der Waals surface area (Å²) >= 11 is 0. The van der Waals surface area contributed by atoms with Gasteiger partial charge in [-0.2, -0.15) is 0 Å². The summed E-state index contributed by atoms with van der Waals surface area (Å²) in [5.74, 6) is -1.94. The summed E-state index contributed by atoms with van der Waals surface area (Å²) in [7, 11) is 0. The Kier molecular flexibility index (Phi) is 7.49. The first-order chi connectivity index (χ1) is 7.54. The van der Waals surface area contributed by atoms with Crippen LogP contribution in [-0.2, 0) is 9.59 Å². The van der Waals surface area contributed by atoms with E-state index in [2.05, 4.69) is 0 Å². The highest BCUT2D eigenvalue weighted by atomic mass is 16.5. The second-order valence-electron chi connectivity index (χ2n) is 3.56. The van der Waals surface area contributed by atoms with Crippen LogP contribution < -0.4 is 0 Å². The molecule has 3 N–H and O–H groups in total. The van der Waals surface area contributed by atoms with Crippen LogP contribution in [0.25, 0.3) is 0 Å². The van der Waals surface area contributed by atoms with Crippen molar-refractivity contribution in [3.8, 4) is 0 Å². The summed E-state index contributed by atoms with van der Waals surface area (Å²) in [5, 5.41) is 26.9. The maximum absolute atomic E-state index is 11.4. The van der Waals surface area contributed by atoms with Crippen molar-refractivity contribution in [3.05, 3.63) is 0 Å². The number of hydrogen-bond acceptors (Lipinski definition) is 4. The van der Waals surface area contributed by atoms with Gasteiger partial charge >= 0.3 is 5.97 Å². The minimum absolute atomic E-state index is 0.125. The van der Waals surface area contributed by atoms with Gasteiger partial charge in [0, 0.05) is 19.4 Å². The maximum Gasteiger partial charge on any atom is 0.329 e. The molecule has 0 heterocycles. The van der Waals surface area contributed by atoms with Gasteiger partial charge in [-0.3, -0.25) is 10.0 Å². The Bertz CT molecular complexity index is 231. The van der Waals surface area contributed by atoms with Gasteiger partial charge in [-0.25, -0.2) is 9.86 Å². The number of hydroxylamine groups is 2. The van der Waals surface area contributed by atoms with Crippen molar-refractivity contribution in [1.82, 2.24) is 5.06 Å². The smallest absolute Gasteiger partial charge is 0.329 e. The van der Waals surface area contributed by atoms with Crippen molar-refractivity contribution in [2.45, 2.75) is 45.1 Å². The van der Waals surface area contributed by atoms with E-state index < -0.39 is 24.5 Å². The monoisotopic (exact) mass is 233 g/mol. The highest BCUT2D eigenvalue weighted by Crippen LogP contribution is 2.07. The van der Waals surface area contributed by atoms with Crippen LogP contribution in [-0.4, -0.2) is 45.0 Å². The first-order valence-corrected chi connectivity index (χ1v) is 5.39. The number of aliphatic hydroxyl groups is 1. The molecule has 0 aliphatic rings. The predicted octanol–water partition coefficient (Wildman–Crippen LogP) is 0.620. The average Bonchev–Trinajstić information content (AvgIpc) is 2.24. The molecule has 0 aromatic carbocycles. The fraction of sp³-hybridized carbons (Fsp3) is 0.800. The fourth-order valence-corrected chi connectivity index (χ4v) is 1.29. The van der Waals surface area contributed by atoms with E-state index in [9.17, 15) is 14.8 Å². The van der Waals surface area contributed by atoms with Gasteiger partial charge in [0.15, 0.2) is 6.04 Å². The van der Waals surface area contributed by atoms with Crippen LogP contribution in [0.2, 0.25) is 0 Å². The van der Waals surface area contributed by atoms with E-state index in [0.717, 1.165) is 12.8 Å². The third-order valence-corrected chi connectivity index (χ3v) is 2.23. The average molecular weight is 233 g/mol. The largest absolute Gasteiger partial charge is 0.480 e. The second kappa shape index (κ2) is 8.06. The summed E-state index contributed by atoms with van der Waals surface area (Å²) in [5.41, 5.74) is 0. The number of hydrogen-bond donors (Lipinski definition) is 3. The van der Waals surface area contributed by atoms with Crippen molar-refractivity contribution >= 4 is 11.9 Å². The number of carboxylic acid groups (broad SMARTS) is 1. The molecule has 0 aliphatic carbocycles. The molecule has 0 aliphatic heterocycles. The first-order valence-electron chi connectivity index (χ1n) is 5.39. The number of nitrogens with zero attached hydrogens (tertiary/aromatic N) is 1. The lowest BCUT2D eigenvalue weighted by Gasteiger charge is -2.21. The van der Waals surface area contributed by atoms with E-state index in [1.165, 1.54) is 0 Å². The molecule has 94 valence electrons. The van der Waals surface area contributed by atoms with Gasteiger partial charge in [0.2, 0.25) is 5.91 Å². The summed E-state index contributed by atoms with van der Waals surface area (Å²) in [6.45, 7) is 1.59. The molecular formula is C10H19NO5. The summed E-state index contributed by atoms with van der Waals surface area (Å²) in [4.78, 5) is 22.1. The molecule has 1 amide bonds. The summed E-state index contributed by atoms with van der Waals surface area (Å²) < 4.78 is 0. The fourth-order valence-electron chi connectivity index (χ4n) is 1.29. The van der Waals surface area contributed by atoms with Crippen LogP contribution in [0.3, 0.4) is 0 Å². The molecule has 0 radical (unpaired) electrons. The standard InChI is InChI=1S/C10H19NO5/c1-2-3-4-5-9(13)11(16)8(6-7-12)10(14)15/h8,12,16H,2-7H2,1H3,(H,14,15)/t8-/m0/s1. The van der Waals surface area contributed by atoms with E-state index in [1.54, 1.807) is 0 Å².